The van der Waals surface area contributed by atoms with E-state index in [9.17, 15) is 26.3 Å². The van der Waals surface area contributed by atoms with Crippen molar-refractivity contribution >= 4 is 28.6 Å². The first-order valence-corrected chi connectivity index (χ1v) is 22.7. The lowest BCUT2D eigenvalue weighted by Gasteiger charge is -2.33. The highest BCUT2D eigenvalue weighted by atomic mass is 19.4. The molecule has 1 aliphatic rings. The van der Waals surface area contributed by atoms with Gasteiger partial charge in [-0.1, -0.05) is 80.6 Å². The minimum atomic E-state index is -4.65. The maximum absolute atomic E-state index is 13.6. The SMILES string of the molecule is CC(C)c1ccccc1-c1nc(OCC2CCN(c3cccnc3)CC2)c2cccnc2n1.CNc1c(C=N)nc(-c2ccccc2C(F)(F)F)nc1OCc1ccc(-c2nc(C(F)(F)F)cn2C)cc1. The summed E-state index contributed by atoms with van der Waals surface area (Å²) in [4.78, 5) is 32.7. The molecule has 5 aromatic heterocycles. The molecule has 0 bridgehead atoms. The van der Waals surface area contributed by atoms with Gasteiger partial charge in [0, 0.05) is 68.7 Å². The fourth-order valence-electron chi connectivity index (χ4n) is 8.18. The molecule has 1 aliphatic heterocycles. The van der Waals surface area contributed by atoms with Crippen LogP contribution in [0, 0.1) is 11.3 Å². The Labute approximate surface area is 405 Å². The van der Waals surface area contributed by atoms with E-state index in [0.717, 1.165) is 55.4 Å². The van der Waals surface area contributed by atoms with E-state index in [1.807, 2.05) is 36.7 Å². The van der Waals surface area contributed by atoms with Crippen LogP contribution < -0.4 is 19.7 Å². The number of aryl methyl sites for hydroxylation is 1. The molecule has 0 amide bonds. The first kappa shape index (κ1) is 49.5. The number of benzene rings is 3. The van der Waals surface area contributed by atoms with E-state index in [4.69, 9.17) is 24.9 Å². The first-order chi connectivity index (χ1) is 34.1. The average Bonchev–Trinajstić information content (AvgIpc) is 3.79. The fourth-order valence-corrected chi connectivity index (χ4v) is 8.18. The number of pyridine rings is 2. The number of ether oxygens (including phenoxy) is 2. The van der Waals surface area contributed by atoms with Crippen molar-refractivity contribution in [3.05, 3.63) is 150 Å². The predicted octanol–water partition coefficient (Wildman–Crippen LogP) is 11.7. The molecule has 0 saturated carbocycles. The fraction of sp³-hybridized carbons (Fsp3) is 0.269. The number of nitrogens with one attached hydrogen (secondary N) is 2. The number of anilines is 2. The number of halogens is 6. The van der Waals surface area contributed by atoms with Gasteiger partial charge in [0.2, 0.25) is 11.8 Å². The van der Waals surface area contributed by atoms with Gasteiger partial charge in [-0.25, -0.2) is 19.9 Å². The van der Waals surface area contributed by atoms with Gasteiger partial charge in [-0.15, -0.1) is 0 Å². The van der Waals surface area contributed by atoms with Gasteiger partial charge in [-0.3, -0.25) is 4.98 Å². The highest BCUT2D eigenvalue weighted by molar-refractivity contribution is 5.86. The number of piperidine rings is 1. The second-order valence-corrected chi connectivity index (χ2v) is 17.0. The summed E-state index contributed by atoms with van der Waals surface area (Å²) < 4.78 is 93.0. The van der Waals surface area contributed by atoms with Crippen molar-refractivity contribution in [2.24, 2.45) is 13.0 Å². The minimum Gasteiger partial charge on any atom is -0.477 e. The normalized spacial score (nSPS) is 13.2. The van der Waals surface area contributed by atoms with E-state index in [0.29, 0.717) is 46.9 Å². The average molecular weight is 974 g/mol. The van der Waals surface area contributed by atoms with Crippen LogP contribution in [0.4, 0.5) is 37.7 Å². The standard InChI is InChI=1S/C27H29N5O.C25H20F6N6O/c1-19(2)22-8-3-4-9-23(22)26-30-25-24(10-6-14-29-25)27(31-26)33-18-20-11-15-32(16-12-20)21-7-5-13-28-17-21;1-33-20-18(11-32)34-21(16-5-3-4-6-17(16)24(26,27)28)36-23(20)38-13-14-7-9-15(10-8-14)22-35-19(12-37(22)2)25(29,30)31/h3-10,13-14,17,19-20H,11-12,15-16,18H2,1-2H3;3-12,32-33H,13H2,1-2H3. The number of alkyl halides is 6. The molecule has 19 heteroatoms. The molecule has 9 rings (SSSR count). The molecule has 1 saturated heterocycles. The summed E-state index contributed by atoms with van der Waals surface area (Å²) in [7, 11) is 2.98. The maximum Gasteiger partial charge on any atom is 0.434 e. The van der Waals surface area contributed by atoms with Crippen LogP contribution in [-0.4, -0.2) is 72.4 Å². The highest BCUT2D eigenvalue weighted by Gasteiger charge is 2.36. The van der Waals surface area contributed by atoms with Crippen molar-refractivity contribution in [1.29, 1.82) is 5.41 Å². The van der Waals surface area contributed by atoms with Crippen LogP contribution in [0.3, 0.4) is 0 Å². The van der Waals surface area contributed by atoms with Crippen molar-refractivity contribution in [2.45, 2.75) is 51.6 Å². The van der Waals surface area contributed by atoms with Crippen LogP contribution in [0.25, 0.3) is 45.2 Å². The summed E-state index contributed by atoms with van der Waals surface area (Å²) in [5, 5.41) is 11.3. The Morgan fingerprint density at radius 2 is 1.45 bits per heavy atom. The molecule has 6 heterocycles. The van der Waals surface area contributed by atoms with Crippen molar-refractivity contribution in [2.75, 3.05) is 37.0 Å². The van der Waals surface area contributed by atoms with Crippen LogP contribution in [-0.2, 0) is 26.0 Å². The largest absolute Gasteiger partial charge is 0.477 e. The summed E-state index contributed by atoms with van der Waals surface area (Å²) in [5.41, 5.74) is 3.20. The molecule has 0 spiro atoms. The third-order valence-corrected chi connectivity index (χ3v) is 11.9. The van der Waals surface area contributed by atoms with Gasteiger partial charge in [-0.2, -0.15) is 36.3 Å². The van der Waals surface area contributed by atoms with Crippen LogP contribution in [0.15, 0.2) is 122 Å². The molecular weight excluding hydrogens is 925 g/mol. The van der Waals surface area contributed by atoms with E-state index in [2.05, 4.69) is 73.2 Å². The summed E-state index contributed by atoms with van der Waals surface area (Å²) in [6.07, 6.45) is 0.244. The summed E-state index contributed by atoms with van der Waals surface area (Å²) in [6, 6.07) is 27.5. The van der Waals surface area contributed by atoms with Gasteiger partial charge in [0.1, 0.15) is 23.8 Å². The van der Waals surface area contributed by atoms with E-state index < -0.39 is 23.6 Å². The van der Waals surface area contributed by atoms with Crippen LogP contribution in [0.1, 0.15) is 60.7 Å². The number of aromatic nitrogens is 8. The van der Waals surface area contributed by atoms with Gasteiger partial charge in [-0.05, 0) is 66.1 Å². The van der Waals surface area contributed by atoms with E-state index in [1.54, 1.807) is 30.5 Å². The lowest BCUT2D eigenvalue weighted by atomic mass is 9.97. The molecule has 0 radical (unpaired) electrons. The first-order valence-electron chi connectivity index (χ1n) is 22.7. The number of rotatable bonds is 13. The van der Waals surface area contributed by atoms with Gasteiger partial charge in [0.25, 0.3) is 0 Å². The Morgan fingerprint density at radius 1 is 0.761 bits per heavy atom. The molecule has 8 aromatic rings. The van der Waals surface area contributed by atoms with Gasteiger partial charge >= 0.3 is 12.4 Å². The molecule has 0 unspecified atom stereocenters. The Morgan fingerprint density at radius 3 is 2.11 bits per heavy atom. The summed E-state index contributed by atoms with van der Waals surface area (Å²) in [5.74, 6) is 1.95. The second kappa shape index (κ2) is 21.4. The molecule has 0 atom stereocenters. The van der Waals surface area contributed by atoms with Gasteiger partial charge in [0.15, 0.2) is 23.0 Å². The third kappa shape index (κ3) is 11.6. The zero-order chi connectivity index (χ0) is 50.3. The monoisotopic (exact) mass is 973 g/mol. The molecule has 0 aliphatic carbocycles. The lowest BCUT2D eigenvalue weighted by Crippen LogP contribution is -2.35. The lowest BCUT2D eigenvalue weighted by molar-refractivity contribution is -0.141. The summed E-state index contributed by atoms with van der Waals surface area (Å²) >= 11 is 0. The van der Waals surface area contributed by atoms with Gasteiger partial charge in [0.05, 0.1) is 29.4 Å². The molecular formula is C52H49F6N11O2. The van der Waals surface area contributed by atoms with E-state index >= 15 is 0 Å². The smallest absolute Gasteiger partial charge is 0.434 e. The molecule has 3 aromatic carbocycles. The van der Waals surface area contributed by atoms with Gasteiger partial charge < -0.3 is 29.7 Å². The molecule has 1 fully saturated rings. The number of imidazole rings is 1. The highest BCUT2D eigenvalue weighted by Crippen LogP contribution is 2.38. The van der Waals surface area contributed by atoms with E-state index in [1.165, 1.54) is 48.1 Å². The zero-order valence-corrected chi connectivity index (χ0v) is 39.1. The minimum absolute atomic E-state index is 0.0232. The maximum atomic E-state index is 13.6. The van der Waals surface area contributed by atoms with Crippen LogP contribution in [0.5, 0.6) is 11.8 Å². The molecule has 71 heavy (non-hydrogen) atoms. The van der Waals surface area contributed by atoms with Crippen molar-refractivity contribution in [3.63, 3.8) is 0 Å². The van der Waals surface area contributed by atoms with Crippen LogP contribution in [0.2, 0.25) is 0 Å². The zero-order valence-electron chi connectivity index (χ0n) is 39.1. The predicted molar refractivity (Wildman–Crippen MR) is 259 cm³/mol. The molecule has 2 N–H and O–H groups in total. The quantitative estimate of drug-likeness (QED) is 0.0838. The number of hydrogen-bond acceptors (Lipinski definition) is 12. The Bertz CT molecular complexity index is 3100. The van der Waals surface area contributed by atoms with E-state index in [-0.39, 0.29) is 41.1 Å². The number of fused-ring (bicyclic) bond motifs is 1. The Balaban J connectivity index is 0.000000192. The second-order valence-electron chi connectivity index (χ2n) is 17.0. The Hall–Kier alpha value is -7.96. The van der Waals surface area contributed by atoms with Crippen molar-refractivity contribution in [3.8, 4) is 45.9 Å². The van der Waals surface area contributed by atoms with Crippen molar-refractivity contribution in [1.82, 2.24) is 39.5 Å². The van der Waals surface area contributed by atoms with Crippen molar-refractivity contribution < 1.29 is 35.8 Å². The Kier molecular flexibility index (Phi) is 14.9. The molecule has 13 nitrogen and oxygen atoms in total. The topological polar surface area (TPSA) is 153 Å². The third-order valence-electron chi connectivity index (χ3n) is 11.9. The molecule has 366 valence electrons. The number of nitrogens with zero attached hydrogens (tertiary/aromatic N) is 9. The summed E-state index contributed by atoms with van der Waals surface area (Å²) in [6.45, 7) is 6.98. The number of hydrogen-bond donors (Lipinski definition) is 2. The van der Waals surface area contributed by atoms with Crippen LogP contribution >= 0.6 is 0 Å².